The predicted molar refractivity (Wildman–Crippen MR) is 61.2 cm³/mol. The topological polar surface area (TPSA) is 56.0 Å². The zero-order chi connectivity index (χ0) is 10.8. The first-order valence-electron chi connectivity index (χ1n) is 5.13. The van der Waals surface area contributed by atoms with Crippen molar-refractivity contribution in [2.75, 3.05) is 19.0 Å². The Morgan fingerprint density at radius 2 is 2.47 bits per heavy atom. The molecule has 0 aromatic carbocycles. The fourth-order valence-corrected chi connectivity index (χ4v) is 3.37. The molecule has 4 heteroatoms. The molecular weight excluding hydrogens is 208 g/mol. The van der Waals surface area contributed by atoms with E-state index < -0.39 is 0 Å². The summed E-state index contributed by atoms with van der Waals surface area (Å²) >= 11 is 1.66. The molecule has 15 heavy (non-hydrogen) atoms. The number of nitrogens with zero attached hydrogens (tertiary/aromatic N) is 1. The van der Waals surface area contributed by atoms with Crippen molar-refractivity contribution >= 4 is 16.3 Å². The number of thiophene rings is 1. The molecule has 80 valence electrons. The van der Waals surface area contributed by atoms with Crippen LogP contribution < -0.4 is 5.32 Å². The maximum Gasteiger partial charge on any atom is 0.107 e. The summed E-state index contributed by atoms with van der Waals surface area (Å²) in [5.74, 6) is 0.382. The highest BCUT2D eigenvalue weighted by molar-refractivity contribution is 7.16. The number of nitrogens with one attached hydrogen (secondary N) is 1. The van der Waals surface area contributed by atoms with Crippen molar-refractivity contribution in [2.24, 2.45) is 5.92 Å². The van der Waals surface area contributed by atoms with Crippen LogP contribution in [0, 0.1) is 17.2 Å². The highest BCUT2D eigenvalue weighted by atomic mass is 32.1. The molecule has 1 aliphatic rings. The van der Waals surface area contributed by atoms with Gasteiger partial charge in [0.25, 0.3) is 0 Å². The minimum Gasteiger partial charge on any atom is -0.396 e. The van der Waals surface area contributed by atoms with E-state index in [-0.39, 0.29) is 6.61 Å². The zero-order valence-electron chi connectivity index (χ0n) is 8.71. The summed E-state index contributed by atoms with van der Waals surface area (Å²) in [6, 6.07) is 2.27. The van der Waals surface area contributed by atoms with Crippen molar-refractivity contribution in [1.29, 1.82) is 5.26 Å². The van der Waals surface area contributed by atoms with E-state index in [1.807, 2.05) is 7.05 Å². The van der Waals surface area contributed by atoms with Gasteiger partial charge in [-0.3, -0.25) is 0 Å². The van der Waals surface area contributed by atoms with Crippen LogP contribution in [0.15, 0.2) is 0 Å². The normalized spacial score (nSPS) is 19.4. The fraction of sp³-hybridized carbons (Fsp3) is 0.545. The van der Waals surface area contributed by atoms with Gasteiger partial charge in [-0.2, -0.15) is 5.26 Å². The van der Waals surface area contributed by atoms with Crippen LogP contribution in [0.1, 0.15) is 22.4 Å². The van der Waals surface area contributed by atoms with E-state index in [2.05, 4.69) is 11.4 Å². The largest absolute Gasteiger partial charge is 0.396 e. The van der Waals surface area contributed by atoms with Crippen LogP contribution in [-0.4, -0.2) is 18.8 Å². The molecule has 1 unspecified atom stereocenters. The molecule has 3 nitrogen and oxygen atoms in total. The Balaban J connectivity index is 2.38. The van der Waals surface area contributed by atoms with Gasteiger partial charge < -0.3 is 10.4 Å². The average molecular weight is 222 g/mol. The average Bonchev–Trinajstić information content (AvgIpc) is 2.65. The van der Waals surface area contributed by atoms with Crippen molar-refractivity contribution in [3.8, 4) is 6.07 Å². The van der Waals surface area contributed by atoms with Crippen LogP contribution in [0.2, 0.25) is 0 Å². The molecular formula is C11H14N2OS. The number of fused-ring (bicyclic) bond motifs is 1. The summed E-state index contributed by atoms with van der Waals surface area (Å²) in [6.45, 7) is 0.258. The minimum atomic E-state index is 0.258. The van der Waals surface area contributed by atoms with Crippen molar-refractivity contribution in [1.82, 2.24) is 0 Å². The molecule has 1 atom stereocenters. The highest BCUT2D eigenvalue weighted by Crippen LogP contribution is 2.38. The lowest BCUT2D eigenvalue weighted by Gasteiger charge is -2.19. The molecule has 1 heterocycles. The molecule has 2 N–H and O–H groups in total. The van der Waals surface area contributed by atoms with Gasteiger partial charge in [-0.25, -0.2) is 0 Å². The number of hydrogen-bond acceptors (Lipinski definition) is 4. The van der Waals surface area contributed by atoms with Gasteiger partial charge in [0.1, 0.15) is 11.1 Å². The minimum absolute atomic E-state index is 0.258. The van der Waals surface area contributed by atoms with Crippen LogP contribution in [0.25, 0.3) is 0 Å². The molecule has 0 amide bonds. The van der Waals surface area contributed by atoms with E-state index in [0.717, 1.165) is 29.8 Å². The maximum absolute atomic E-state index is 9.13. The molecule has 0 fully saturated rings. The third-order valence-corrected chi connectivity index (χ3v) is 4.24. The van der Waals surface area contributed by atoms with Crippen molar-refractivity contribution < 1.29 is 5.11 Å². The quantitative estimate of drug-likeness (QED) is 0.801. The van der Waals surface area contributed by atoms with Crippen LogP contribution in [0.4, 0.5) is 5.00 Å². The lowest BCUT2D eigenvalue weighted by molar-refractivity contribution is 0.214. The summed E-state index contributed by atoms with van der Waals surface area (Å²) in [6.07, 6.45) is 2.85. The van der Waals surface area contributed by atoms with E-state index >= 15 is 0 Å². The van der Waals surface area contributed by atoms with E-state index in [1.165, 1.54) is 10.4 Å². The smallest absolute Gasteiger partial charge is 0.107 e. The molecule has 1 aromatic rings. The van der Waals surface area contributed by atoms with Gasteiger partial charge in [-0.1, -0.05) is 0 Å². The first-order valence-corrected chi connectivity index (χ1v) is 5.95. The Hall–Kier alpha value is -1.05. The Morgan fingerprint density at radius 1 is 1.67 bits per heavy atom. The Labute approximate surface area is 93.4 Å². The molecule has 0 aliphatic heterocycles. The summed E-state index contributed by atoms with van der Waals surface area (Å²) in [5, 5.41) is 22.3. The van der Waals surface area contributed by atoms with Crippen LogP contribution >= 0.6 is 11.3 Å². The monoisotopic (exact) mass is 222 g/mol. The number of nitriles is 1. The van der Waals surface area contributed by atoms with Crippen LogP contribution in [0.5, 0.6) is 0 Å². The molecule has 1 aromatic heterocycles. The molecule has 2 rings (SSSR count). The second-order valence-corrected chi connectivity index (χ2v) is 4.97. The third-order valence-electron chi connectivity index (χ3n) is 2.96. The number of hydrogen-bond donors (Lipinski definition) is 2. The Morgan fingerprint density at radius 3 is 3.07 bits per heavy atom. The molecule has 0 radical (unpaired) electrons. The summed E-state index contributed by atoms with van der Waals surface area (Å²) in [4.78, 5) is 1.28. The first kappa shape index (κ1) is 10.5. The van der Waals surface area contributed by atoms with E-state index in [4.69, 9.17) is 10.4 Å². The van der Waals surface area contributed by atoms with E-state index in [9.17, 15) is 0 Å². The van der Waals surface area contributed by atoms with Crippen LogP contribution in [0.3, 0.4) is 0 Å². The fourth-order valence-electron chi connectivity index (χ4n) is 2.10. The molecule has 0 spiro atoms. The number of rotatable bonds is 2. The van der Waals surface area contributed by atoms with Gasteiger partial charge in [0, 0.05) is 18.5 Å². The van der Waals surface area contributed by atoms with Crippen LogP contribution in [-0.2, 0) is 12.8 Å². The van der Waals surface area contributed by atoms with Crippen molar-refractivity contribution in [2.45, 2.75) is 19.3 Å². The Kier molecular flexibility index (Phi) is 2.94. The van der Waals surface area contributed by atoms with Gasteiger partial charge in [-0.05, 0) is 30.7 Å². The second-order valence-electron chi connectivity index (χ2n) is 3.86. The second kappa shape index (κ2) is 4.21. The van der Waals surface area contributed by atoms with E-state index in [0.29, 0.717) is 5.92 Å². The van der Waals surface area contributed by atoms with E-state index in [1.54, 1.807) is 11.3 Å². The van der Waals surface area contributed by atoms with Crippen molar-refractivity contribution in [3.05, 3.63) is 16.0 Å². The van der Waals surface area contributed by atoms with Gasteiger partial charge >= 0.3 is 0 Å². The van der Waals surface area contributed by atoms with Gasteiger partial charge in [-0.15, -0.1) is 11.3 Å². The summed E-state index contributed by atoms with van der Waals surface area (Å²) < 4.78 is 0. The van der Waals surface area contributed by atoms with Gasteiger partial charge in [0.05, 0.1) is 5.56 Å². The highest BCUT2D eigenvalue weighted by Gasteiger charge is 2.24. The number of anilines is 1. The molecule has 1 aliphatic carbocycles. The SMILES string of the molecule is CNc1sc2c(c1C#N)CCC(CO)C2. The lowest BCUT2D eigenvalue weighted by atomic mass is 9.88. The standard InChI is InChI=1S/C11H14N2OS/c1-13-11-9(5-12)8-3-2-7(6-14)4-10(8)15-11/h7,13-14H,2-4,6H2,1H3. The Bertz CT molecular complexity index is 405. The number of aliphatic hydroxyl groups is 1. The predicted octanol–water partition coefficient (Wildman–Crippen LogP) is 1.76. The first-order chi connectivity index (χ1) is 7.30. The van der Waals surface area contributed by atoms with Gasteiger partial charge in [0.2, 0.25) is 0 Å². The van der Waals surface area contributed by atoms with Gasteiger partial charge in [0.15, 0.2) is 0 Å². The zero-order valence-corrected chi connectivity index (χ0v) is 9.52. The van der Waals surface area contributed by atoms with Crippen molar-refractivity contribution in [3.63, 3.8) is 0 Å². The summed E-state index contributed by atoms with van der Waals surface area (Å²) in [5.41, 5.74) is 2.02. The maximum atomic E-state index is 9.13. The molecule has 0 bridgehead atoms. The third kappa shape index (κ3) is 1.73. The lowest BCUT2D eigenvalue weighted by Crippen LogP contribution is -2.16. The summed E-state index contributed by atoms with van der Waals surface area (Å²) in [7, 11) is 1.85. The molecule has 0 saturated carbocycles. The molecule has 0 saturated heterocycles. The number of aliphatic hydroxyl groups excluding tert-OH is 1.